The van der Waals surface area contributed by atoms with Gasteiger partial charge in [0.05, 0.1) is 30.1 Å². The van der Waals surface area contributed by atoms with Crippen LogP contribution in [0, 0.1) is 59.2 Å². The molecule has 6 aliphatic heterocycles. The topological polar surface area (TPSA) is 465 Å². The molecule has 29 heteroatoms. The average molecular weight is 1330 g/mol. The Balaban J connectivity index is 0.0000118. The van der Waals surface area contributed by atoms with Crippen LogP contribution in [-0.2, 0) is 68.7 Å². The van der Waals surface area contributed by atoms with Crippen LogP contribution in [0.3, 0.4) is 0 Å². The molecule has 15 atom stereocenters. The summed E-state index contributed by atoms with van der Waals surface area (Å²) in [5.74, 6) is -7.40. The zero-order valence-corrected chi connectivity index (χ0v) is 55.4. The molecule has 6 aliphatic rings. The van der Waals surface area contributed by atoms with Crippen molar-refractivity contribution in [2.45, 2.75) is 189 Å². The second-order valence-corrected chi connectivity index (χ2v) is 28.3. The molecule has 7 amide bonds. The number of allylic oxidation sites excluding steroid dienone is 6. The third kappa shape index (κ3) is 13.8. The number of phosphoric ester groups is 1. The van der Waals surface area contributed by atoms with Crippen LogP contribution in [0.4, 0.5) is 0 Å². The summed E-state index contributed by atoms with van der Waals surface area (Å²) in [4.78, 5) is 128. The van der Waals surface area contributed by atoms with Crippen molar-refractivity contribution < 1.29 is 83.8 Å². The minimum absolute atomic E-state index is 0. The van der Waals surface area contributed by atoms with Gasteiger partial charge in [-0.25, -0.2) is 4.98 Å². The van der Waals surface area contributed by atoms with Crippen molar-refractivity contribution in [1.29, 1.82) is 0 Å². The molecule has 2 fully saturated rings. The molecule has 7 heterocycles. The van der Waals surface area contributed by atoms with Gasteiger partial charge in [0, 0.05) is 114 Å². The predicted molar refractivity (Wildman–Crippen MR) is 332 cm³/mol. The van der Waals surface area contributed by atoms with Gasteiger partial charge < -0.3 is 78.5 Å². The minimum Gasteiger partial charge on any atom is -0.756 e. The summed E-state index contributed by atoms with van der Waals surface area (Å²) in [7, 11) is -5.32. The molecule has 8 rings (SSSR count). The number of nitrogens with zero attached hydrogens (tertiary/aromatic N) is 6. The van der Waals surface area contributed by atoms with Gasteiger partial charge in [-0.05, 0) is 118 Å². The summed E-state index contributed by atoms with van der Waals surface area (Å²) < 4.78 is 31.9. The summed E-state index contributed by atoms with van der Waals surface area (Å²) >= 11 is 0. The first-order valence-corrected chi connectivity index (χ1v) is 32.0. The van der Waals surface area contributed by atoms with Crippen molar-refractivity contribution in [2.24, 2.45) is 94.7 Å². The molecule has 1 aromatic carbocycles. The number of amides is 7. The van der Waals surface area contributed by atoms with Crippen molar-refractivity contribution >= 4 is 77.3 Å². The number of carbonyl (C=O) groups excluding carboxylic acids is 7. The van der Waals surface area contributed by atoms with E-state index in [1.54, 1.807) is 6.92 Å². The Hall–Kier alpha value is -6.49. The van der Waals surface area contributed by atoms with Gasteiger partial charge in [-0.3, -0.25) is 53.1 Å². The molecule has 0 aliphatic carbocycles. The Bertz CT molecular complexity index is 3540. The summed E-state index contributed by atoms with van der Waals surface area (Å²) in [5.41, 5.74) is 36.7. The van der Waals surface area contributed by atoms with Gasteiger partial charge >= 0.3 is 16.8 Å². The molecule has 0 spiro atoms. The number of aliphatic hydroxyl groups excluding tert-OH is 2. The number of hydrogen-bond acceptors (Lipinski definition) is 18. The van der Waals surface area contributed by atoms with Gasteiger partial charge in [-0.2, -0.15) is 5.70 Å². The Labute approximate surface area is 539 Å². The first-order chi connectivity index (χ1) is 41.8. The van der Waals surface area contributed by atoms with E-state index in [9.17, 15) is 53.2 Å². The number of aliphatic hydroxyl groups is 2. The Morgan fingerprint density at radius 2 is 1.38 bits per heavy atom. The molecule has 8 bridgehead atoms. The van der Waals surface area contributed by atoms with Crippen LogP contribution in [0.1, 0.15) is 150 Å². The number of primary amides is 6. The van der Waals surface area contributed by atoms with Crippen molar-refractivity contribution in [2.75, 3.05) is 13.2 Å². The first kappa shape index (κ1) is 71.9. The maximum absolute atomic E-state index is 14.4. The molecular formula is C62H88CoN13O14P. The van der Waals surface area contributed by atoms with Gasteiger partial charge in [0.1, 0.15) is 18.3 Å². The first-order valence-electron chi connectivity index (χ1n) is 30.5. The van der Waals surface area contributed by atoms with E-state index in [2.05, 4.69) is 10.3 Å². The molecule has 27 nitrogen and oxygen atoms in total. The number of rotatable bonds is 26. The maximum Gasteiger partial charge on any atom is 2.00 e. The minimum atomic E-state index is -5.32. The Morgan fingerprint density at radius 3 is 1.97 bits per heavy atom. The fourth-order valence-electron chi connectivity index (χ4n) is 15.3. The molecule has 1 radical (unpaired) electrons. The van der Waals surface area contributed by atoms with Crippen molar-refractivity contribution in [3.63, 3.8) is 0 Å². The number of aliphatic imine (C=N–C) groups is 3. The summed E-state index contributed by atoms with van der Waals surface area (Å²) in [6.07, 6.45) is -4.79. The fourth-order valence-corrected chi connectivity index (χ4v) is 16.4. The number of hydrogen-bond donors (Lipinski definition) is 9. The molecule has 2 aromatic rings. The number of ether oxygens (including phenoxy) is 1. The van der Waals surface area contributed by atoms with Crippen LogP contribution < -0.4 is 44.6 Å². The molecule has 91 heavy (non-hydrogen) atoms. The standard InChI is InChI=1S/C62H90N13O14P.Co/c1-29-20-39-40(21-30(29)2)75(28-70-39)57-52(84)53(41(27-76)87-57)89-90(85,86)88-31(3)26-69-49(83)18-19-59(8)37(22-46(66)80)56-62(11)61(10,25-48(68)82)36(14-17-45(65)79)51(74-62)33(5)55-60(9,24-47(67)81)34(12-15-43(63)77)38(71-55)23-42-58(6,7)35(13-16-44(64)78)50(72-42)32(4)54(59)73-56;/h20-21,23,28,31,34-37,41,52-53,56-57,76,84H,12-19,22,24-27H2,1-11H3,(H15,63,64,65,66,67,68,69,71,72,73,74,77,78,79,80,81,82,83,85,86);/q;+2/p-2/t31?,34-,35-,36-,37+,41-,52-,53-,56-,57+,59-,60+,61+,62+;/m1./s1. The number of phosphoric acid groups is 1. The van der Waals surface area contributed by atoms with E-state index < -0.39 is 143 Å². The van der Waals surface area contributed by atoms with Crippen LogP contribution in [0.5, 0.6) is 0 Å². The third-order valence-electron chi connectivity index (χ3n) is 20.5. The number of carbonyl (C=O) groups is 7. The van der Waals surface area contributed by atoms with E-state index >= 15 is 0 Å². The molecule has 2 saturated heterocycles. The van der Waals surface area contributed by atoms with E-state index in [0.717, 1.165) is 11.1 Å². The largest absolute Gasteiger partial charge is 2.00 e. The van der Waals surface area contributed by atoms with Gasteiger partial charge in [-0.15, -0.1) is 0 Å². The SMILES string of the molecule is C/C1=C2N=C(/C=C3N=C(/C(C)=C4\[N-][C@@](C)([C@@H]5N=C1[C@](C)(CCC(=O)NCC(C)OP(=O)([O-])O[C@H]1[C@@H](O)[C@@H](n6cnc7cc(C)c(C)cc76)O[C@@H]1CO)[C@H]5CC(N)=O)[C@@](C)(CC(N)=O)[C@@H]4CCC(N)=O)[C@@](C)(CC(N)=O)[C@@H]\3CCC(N)=O)C(C)(C)[C@@H]/2CCC(N)=O.[Co+2]. The van der Waals surface area contributed by atoms with Gasteiger partial charge in [0.25, 0.3) is 7.82 Å². The summed E-state index contributed by atoms with van der Waals surface area (Å²) in [6, 6.07) is 2.65. The normalized spacial score (nSPS) is 33.8. The average Bonchev–Trinajstić information content (AvgIpc) is 1.54. The van der Waals surface area contributed by atoms with E-state index in [1.165, 1.54) is 17.8 Å². The van der Waals surface area contributed by atoms with Crippen molar-refractivity contribution in [3.8, 4) is 0 Å². The van der Waals surface area contributed by atoms with E-state index in [0.29, 0.717) is 56.4 Å². The van der Waals surface area contributed by atoms with Crippen LogP contribution >= 0.6 is 7.82 Å². The smallest absolute Gasteiger partial charge is 0.756 e. The molecule has 499 valence electrons. The number of fused-ring (bicyclic) bond motifs is 7. The molecular weight excluding hydrogens is 1240 g/mol. The number of aromatic nitrogens is 2. The van der Waals surface area contributed by atoms with Crippen LogP contribution in [-0.4, -0.2) is 127 Å². The third-order valence-corrected chi connectivity index (χ3v) is 21.6. The molecule has 2 unspecified atom stereocenters. The van der Waals surface area contributed by atoms with Crippen molar-refractivity contribution in [3.05, 3.63) is 69.2 Å². The van der Waals surface area contributed by atoms with Crippen LogP contribution in [0.25, 0.3) is 16.4 Å². The van der Waals surface area contributed by atoms with Gasteiger partial charge in [-0.1, -0.05) is 47.1 Å². The number of nitrogens with one attached hydrogen (secondary N) is 1. The quantitative estimate of drug-likeness (QED) is 0.0610. The second-order valence-electron chi connectivity index (χ2n) is 27.0. The number of benzene rings is 1. The Morgan fingerprint density at radius 1 is 0.791 bits per heavy atom. The maximum atomic E-state index is 14.4. The van der Waals surface area contributed by atoms with E-state index in [4.69, 9.17) is 68.5 Å². The number of nitrogens with two attached hydrogens (primary N) is 6. The monoisotopic (exact) mass is 1330 g/mol. The van der Waals surface area contributed by atoms with Crippen LogP contribution in [0.2, 0.25) is 0 Å². The van der Waals surface area contributed by atoms with E-state index in [-0.39, 0.29) is 94.0 Å². The predicted octanol–water partition coefficient (Wildman–Crippen LogP) is 3.31. The molecule has 0 saturated carbocycles. The van der Waals surface area contributed by atoms with Crippen LogP contribution in [0.15, 0.2) is 67.8 Å². The van der Waals surface area contributed by atoms with E-state index in [1.807, 2.05) is 80.5 Å². The number of imidazole rings is 1. The zero-order valence-electron chi connectivity index (χ0n) is 53.5. The van der Waals surface area contributed by atoms with Gasteiger partial charge in [0.15, 0.2) is 6.23 Å². The molecule has 1 aromatic heterocycles. The van der Waals surface area contributed by atoms with Crippen molar-refractivity contribution in [1.82, 2.24) is 14.9 Å². The summed E-state index contributed by atoms with van der Waals surface area (Å²) in [6.45, 7) is 19.0. The second kappa shape index (κ2) is 26.8. The number of aryl methyl sites for hydroxylation is 2. The molecule has 15 N–H and O–H groups in total. The Kier molecular flexibility index (Phi) is 21.2. The fraction of sp³-hybridized carbons (Fsp3) is 0.629. The summed E-state index contributed by atoms with van der Waals surface area (Å²) in [5, 5.41) is 30.1. The zero-order chi connectivity index (χ0) is 66.7. The van der Waals surface area contributed by atoms with Gasteiger partial charge in [0.2, 0.25) is 41.4 Å².